The number of thiophene rings is 1. The number of nitrogens with one attached hydrogen (secondary N) is 1. The number of anilines is 1. The first kappa shape index (κ1) is 13.3. The van der Waals surface area contributed by atoms with Gasteiger partial charge in [-0.1, -0.05) is 28.1 Å². The van der Waals surface area contributed by atoms with Gasteiger partial charge in [-0.25, -0.2) is 0 Å². The number of hydrogen-bond donors (Lipinski definition) is 1. The monoisotopic (exact) mass is 323 g/mol. The third-order valence-corrected chi connectivity index (χ3v) is 3.95. The molecule has 0 fully saturated rings. The van der Waals surface area contributed by atoms with E-state index in [0.29, 0.717) is 0 Å². The number of carbonyl (C=O) groups is 1. The Kier molecular flexibility index (Phi) is 4.55. The molecule has 0 unspecified atom stereocenters. The van der Waals surface area contributed by atoms with Crippen molar-refractivity contribution >= 4 is 38.9 Å². The number of hydrogen-bond acceptors (Lipinski definition) is 2. The first-order valence-electron chi connectivity index (χ1n) is 5.70. The molecule has 94 valence electrons. The second-order valence-corrected chi connectivity index (χ2v) is 5.60. The number of benzene rings is 1. The van der Waals surface area contributed by atoms with Crippen molar-refractivity contribution in [3.8, 4) is 0 Å². The lowest BCUT2D eigenvalue weighted by molar-refractivity contribution is 0.102. The van der Waals surface area contributed by atoms with Gasteiger partial charge in [0.1, 0.15) is 0 Å². The van der Waals surface area contributed by atoms with E-state index in [1.165, 1.54) is 5.56 Å². The fourth-order valence-electron chi connectivity index (χ4n) is 1.66. The highest BCUT2D eigenvalue weighted by Gasteiger charge is 2.09. The summed E-state index contributed by atoms with van der Waals surface area (Å²) in [5.74, 6) is -0.0398. The normalized spacial score (nSPS) is 10.3. The molecule has 0 radical (unpaired) electrons. The highest BCUT2D eigenvalue weighted by atomic mass is 79.9. The number of alkyl halides is 1. The number of rotatable bonds is 4. The van der Waals surface area contributed by atoms with Gasteiger partial charge in [-0.2, -0.15) is 11.3 Å². The first-order valence-corrected chi connectivity index (χ1v) is 7.76. The molecule has 0 aliphatic rings. The molecule has 0 aliphatic carbocycles. The van der Waals surface area contributed by atoms with Gasteiger partial charge in [0.05, 0.1) is 5.56 Å². The standard InChI is InChI=1S/C14H14BrNOS/c1-10-8-18-9-13(10)14(17)16-12-4-2-11(3-5-12)6-7-15/h2-5,8-9H,6-7H2,1H3,(H,16,17). The average molecular weight is 324 g/mol. The van der Waals surface area contributed by atoms with Gasteiger partial charge in [-0.3, -0.25) is 4.79 Å². The van der Waals surface area contributed by atoms with Crippen molar-refractivity contribution in [2.24, 2.45) is 0 Å². The van der Waals surface area contributed by atoms with Crippen LogP contribution in [0, 0.1) is 6.92 Å². The van der Waals surface area contributed by atoms with Crippen LogP contribution in [0.15, 0.2) is 35.0 Å². The lowest BCUT2D eigenvalue weighted by atomic mass is 10.1. The van der Waals surface area contributed by atoms with Crippen molar-refractivity contribution in [1.29, 1.82) is 0 Å². The zero-order valence-electron chi connectivity index (χ0n) is 10.1. The Morgan fingerprint density at radius 3 is 2.56 bits per heavy atom. The summed E-state index contributed by atoms with van der Waals surface area (Å²) in [5.41, 5.74) is 3.87. The lowest BCUT2D eigenvalue weighted by Gasteiger charge is -2.06. The molecular weight excluding hydrogens is 310 g/mol. The number of carbonyl (C=O) groups excluding carboxylic acids is 1. The molecule has 1 amide bonds. The van der Waals surface area contributed by atoms with Crippen LogP contribution in [0.25, 0.3) is 0 Å². The molecule has 1 aromatic carbocycles. The fraction of sp³-hybridized carbons (Fsp3) is 0.214. The Morgan fingerprint density at radius 2 is 2.00 bits per heavy atom. The van der Waals surface area contributed by atoms with Crippen LogP contribution in [-0.2, 0) is 6.42 Å². The third-order valence-electron chi connectivity index (χ3n) is 2.70. The maximum atomic E-state index is 12.0. The second-order valence-electron chi connectivity index (χ2n) is 4.06. The maximum absolute atomic E-state index is 12.0. The van der Waals surface area contributed by atoms with Crippen molar-refractivity contribution in [3.05, 3.63) is 51.7 Å². The second kappa shape index (κ2) is 6.16. The molecule has 2 rings (SSSR count). The Balaban J connectivity index is 2.05. The Morgan fingerprint density at radius 1 is 1.28 bits per heavy atom. The summed E-state index contributed by atoms with van der Waals surface area (Å²) < 4.78 is 0. The van der Waals surface area contributed by atoms with Crippen molar-refractivity contribution < 1.29 is 4.79 Å². The van der Waals surface area contributed by atoms with E-state index in [-0.39, 0.29) is 5.91 Å². The molecule has 0 spiro atoms. The van der Waals surface area contributed by atoms with Crippen LogP contribution in [0.4, 0.5) is 5.69 Å². The van der Waals surface area contributed by atoms with Gasteiger partial charge >= 0.3 is 0 Å². The topological polar surface area (TPSA) is 29.1 Å². The van der Waals surface area contributed by atoms with Crippen molar-refractivity contribution in [1.82, 2.24) is 0 Å². The van der Waals surface area contributed by atoms with Crippen LogP contribution < -0.4 is 5.32 Å². The summed E-state index contributed by atoms with van der Waals surface area (Å²) in [5, 5.41) is 7.72. The van der Waals surface area contributed by atoms with E-state index in [1.807, 2.05) is 41.9 Å². The van der Waals surface area contributed by atoms with Gasteiger partial charge in [-0.15, -0.1) is 0 Å². The van der Waals surface area contributed by atoms with E-state index in [4.69, 9.17) is 0 Å². The Bertz CT molecular complexity index is 533. The Hall–Kier alpha value is -1.13. The van der Waals surface area contributed by atoms with E-state index in [2.05, 4.69) is 21.2 Å². The van der Waals surface area contributed by atoms with Crippen LogP contribution in [0.3, 0.4) is 0 Å². The predicted molar refractivity (Wildman–Crippen MR) is 80.9 cm³/mol. The summed E-state index contributed by atoms with van der Waals surface area (Å²) in [6, 6.07) is 7.96. The van der Waals surface area contributed by atoms with Gasteiger partial charge in [-0.05, 0) is 42.0 Å². The first-order chi connectivity index (χ1) is 8.70. The molecule has 2 aromatic rings. The highest BCUT2D eigenvalue weighted by molar-refractivity contribution is 9.09. The maximum Gasteiger partial charge on any atom is 0.256 e. The van der Waals surface area contributed by atoms with Crippen LogP contribution >= 0.6 is 27.3 Å². The third kappa shape index (κ3) is 3.21. The van der Waals surface area contributed by atoms with Crippen LogP contribution in [0.5, 0.6) is 0 Å². The van der Waals surface area contributed by atoms with Crippen molar-refractivity contribution in [3.63, 3.8) is 0 Å². The number of halogens is 1. The molecule has 0 atom stereocenters. The van der Waals surface area contributed by atoms with Crippen LogP contribution in [0.2, 0.25) is 0 Å². The molecule has 2 nitrogen and oxygen atoms in total. The molecule has 1 aromatic heterocycles. The molecule has 0 saturated heterocycles. The smallest absolute Gasteiger partial charge is 0.256 e. The zero-order chi connectivity index (χ0) is 13.0. The summed E-state index contributed by atoms with van der Waals surface area (Å²) in [4.78, 5) is 12.0. The lowest BCUT2D eigenvalue weighted by Crippen LogP contribution is -2.11. The van der Waals surface area contributed by atoms with E-state index < -0.39 is 0 Å². The van der Waals surface area contributed by atoms with Gasteiger partial charge in [0.25, 0.3) is 5.91 Å². The SMILES string of the molecule is Cc1cscc1C(=O)Nc1ccc(CCBr)cc1. The fourth-order valence-corrected chi connectivity index (χ4v) is 2.94. The van der Waals surface area contributed by atoms with E-state index >= 15 is 0 Å². The number of aryl methyl sites for hydroxylation is 2. The van der Waals surface area contributed by atoms with E-state index in [9.17, 15) is 4.79 Å². The van der Waals surface area contributed by atoms with Crippen molar-refractivity contribution in [2.75, 3.05) is 10.6 Å². The van der Waals surface area contributed by atoms with Crippen LogP contribution in [-0.4, -0.2) is 11.2 Å². The summed E-state index contributed by atoms with van der Waals surface area (Å²) in [6.07, 6.45) is 0.998. The summed E-state index contributed by atoms with van der Waals surface area (Å²) in [7, 11) is 0. The molecule has 4 heteroatoms. The Labute approximate surface area is 119 Å². The van der Waals surface area contributed by atoms with Gasteiger partial charge in [0.15, 0.2) is 0 Å². The zero-order valence-corrected chi connectivity index (χ0v) is 12.5. The van der Waals surface area contributed by atoms with E-state index in [0.717, 1.165) is 28.6 Å². The minimum absolute atomic E-state index is 0.0398. The average Bonchev–Trinajstić information content (AvgIpc) is 2.78. The van der Waals surface area contributed by atoms with E-state index in [1.54, 1.807) is 11.3 Å². The molecular formula is C14H14BrNOS. The predicted octanol–water partition coefficient (Wildman–Crippen LogP) is 4.25. The molecule has 1 N–H and O–H groups in total. The quantitative estimate of drug-likeness (QED) is 0.837. The summed E-state index contributed by atoms with van der Waals surface area (Å²) >= 11 is 4.96. The van der Waals surface area contributed by atoms with Crippen LogP contribution in [0.1, 0.15) is 21.5 Å². The molecule has 1 heterocycles. The molecule has 0 bridgehead atoms. The minimum Gasteiger partial charge on any atom is -0.322 e. The van der Waals surface area contributed by atoms with Gasteiger partial charge < -0.3 is 5.32 Å². The summed E-state index contributed by atoms with van der Waals surface area (Å²) in [6.45, 7) is 1.95. The number of amides is 1. The van der Waals surface area contributed by atoms with Gasteiger partial charge in [0, 0.05) is 16.4 Å². The molecule has 0 saturated carbocycles. The van der Waals surface area contributed by atoms with Gasteiger partial charge in [0.2, 0.25) is 0 Å². The highest BCUT2D eigenvalue weighted by Crippen LogP contribution is 2.17. The minimum atomic E-state index is -0.0398. The molecule has 18 heavy (non-hydrogen) atoms. The molecule has 0 aliphatic heterocycles. The largest absolute Gasteiger partial charge is 0.322 e. The van der Waals surface area contributed by atoms with Crippen molar-refractivity contribution in [2.45, 2.75) is 13.3 Å².